The molecule has 0 saturated carbocycles. The number of fused-ring (bicyclic) bond motifs is 1. The van der Waals surface area contributed by atoms with Crippen LogP contribution in [0.2, 0.25) is 0 Å². The maximum absolute atomic E-state index is 12.1. The summed E-state index contributed by atoms with van der Waals surface area (Å²) < 4.78 is 5.40. The van der Waals surface area contributed by atoms with Gasteiger partial charge < -0.3 is 9.52 Å². The Balaban J connectivity index is 2.72. The lowest BCUT2D eigenvalue weighted by Crippen LogP contribution is -2.21. The van der Waals surface area contributed by atoms with Crippen LogP contribution in [-0.4, -0.2) is 10.9 Å². The lowest BCUT2D eigenvalue weighted by molar-refractivity contribution is 0.0829. The van der Waals surface area contributed by atoms with Gasteiger partial charge in [0, 0.05) is 11.5 Å². The average molecular weight is 246 g/mol. The van der Waals surface area contributed by atoms with Crippen molar-refractivity contribution in [2.45, 2.75) is 20.8 Å². The first kappa shape index (κ1) is 12.4. The highest BCUT2D eigenvalue weighted by atomic mass is 16.3. The molecule has 0 aliphatic heterocycles. The number of Topliss-reactive ketones (excluding diaryl/α,β-unsaturated/α-hetero) is 1. The number of carbonyl (C=O) groups excluding carboxylic acids is 1. The molecule has 0 spiro atoms. The molecule has 0 aliphatic rings. The molecule has 0 amide bonds. The first-order chi connectivity index (χ1) is 8.30. The number of ketones is 1. The average Bonchev–Trinajstić information content (AvgIpc) is 2.26. The number of hydrogen-bond acceptors (Lipinski definition) is 4. The van der Waals surface area contributed by atoms with Gasteiger partial charge in [-0.3, -0.25) is 9.59 Å². The van der Waals surface area contributed by atoms with E-state index in [-0.39, 0.29) is 28.3 Å². The van der Waals surface area contributed by atoms with E-state index in [1.807, 2.05) is 0 Å². The van der Waals surface area contributed by atoms with E-state index in [0.717, 1.165) is 6.07 Å². The monoisotopic (exact) mass is 246 g/mol. The van der Waals surface area contributed by atoms with Crippen LogP contribution in [0.3, 0.4) is 0 Å². The van der Waals surface area contributed by atoms with Gasteiger partial charge in [-0.2, -0.15) is 0 Å². The summed E-state index contributed by atoms with van der Waals surface area (Å²) in [7, 11) is 0. The van der Waals surface area contributed by atoms with Crippen molar-refractivity contribution in [1.82, 2.24) is 0 Å². The summed E-state index contributed by atoms with van der Waals surface area (Å²) in [4.78, 5) is 23.9. The first-order valence-electron chi connectivity index (χ1n) is 5.61. The SMILES string of the molecule is CC(C)(C)C(=O)c1cc(=O)c2c(O)cccc2o1. The molecule has 1 aromatic carbocycles. The van der Waals surface area contributed by atoms with Crippen LogP contribution >= 0.6 is 0 Å². The second-order valence-electron chi connectivity index (χ2n) is 5.20. The van der Waals surface area contributed by atoms with E-state index in [4.69, 9.17) is 4.42 Å². The van der Waals surface area contributed by atoms with Crippen LogP contribution in [0.5, 0.6) is 5.75 Å². The molecule has 1 N–H and O–H groups in total. The molecule has 94 valence electrons. The molecule has 0 unspecified atom stereocenters. The molecule has 0 aliphatic carbocycles. The zero-order chi connectivity index (χ0) is 13.5. The van der Waals surface area contributed by atoms with Gasteiger partial charge in [0.1, 0.15) is 16.7 Å². The van der Waals surface area contributed by atoms with E-state index in [9.17, 15) is 14.7 Å². The standard InChI is InChI=1S/C14H14O4/c1-14(2,3)13(17)11-7-9(16)12-8(15)5-4-6-10(12)18-11/h4-7,15H,1-3H3. The smallest absolute Gasteiger partial charge is 0.203 e. The van der Waals surface area contributed by atoms with Gasteiger partial charge in [0.2, 0.25) is 5.78 Å². The molecule has 0 radical (unpaired) electrons. The third-order valence-corrected chi connectivity index (χ3v) is 2.64. The number of carbonyl (C=O) groups is 1. The second kappa shape index (κ2) is 3.98. The van der Waals surface area contributed by atoms with Crippen LogP contribution in [0.25, 0.3) is 11.0 Å². The largest absolute Gasteiger partial charge is 0.507 e. The van der Waals surface area contributed by atoms with Gasteiger partial charge >= 0.3 is 0 Å². The predicted octanol–water partition coefficient (Wildman–Crippen LogP) is 2.73. The van der Waals surface area contributed by atoms with Crippen molar-refractivity contribution in [2.24, 2.45) is 5.41 Å². The topological polar surface area (TPSA) is 67.5 Å². The number of aromatic hydroxyl groups is 1. The van der Waals surface area contributed by atoms with Crippen molar-refractivity contribution in [3.8, 4) is 5.75 Å². The van der Waals surface area contributed by atoms with E-state index in [0.29, 0.717) is 0 Å². The van der Waals surface area contributed by atoms with Crippen LogP contribution in [0, 0.1) is 5.41 Å². The lowest BCUT2D eigenvalue weighted by Gasteiger charge is -2.15. The lowest BCUT2D eigenvalue weighted by atomic mass is 9.89. The van der Waals surface area contributed by atoms with Crippen LogP contribution < -0.4 is 5.43 Å². The van der Waals surface area contributed by atoms with Crippen molar-refractivity contribution >= 4 is 16.8 Å². The molecule has 4 heteroatoms. The quantitative estimate of drug-likeness (QED) is 0.785. The van der Waals surface area contributed by atoms with Crippen LogP contribution in [0.15, 0.2) is 33.5 Å². The summed E-state index contributed by atoms with van der Waals surface area (Å²) in [6.07, 6.45) is 0. The van der Waals surface area contributed by atoms with Gasteiger partial charge in [0.25, 0.3) is 0 Å². The summed E-state index contributed by atoms with van der Waals surface area (Å²) in [5, 5.41) is 9.70. The molecule has 1 aromatic heterocycles. The fourth-order valence-corrected chi connectivity index (χ4v) is 1.67. The third kappa shape index (κ3) is 2.01. The number of benzene rings is 1. The molecule has 0 saturated heterocycles. The Morgan fingerprint density at radius 2 is 1.94 bits per heavy atom. The van der Waals surface area contributed by atoms with Crippen molar-refractivity contribution in [2.75, 3.05) is 0 Å². The van der Waals surface area contributed by atoms with Gasteiger partial charge in [0.05, 0.1) is 0 Å². The van der Waals surface area contributed by atoms with Crippen LogP contribution in [0.1, 0.15) is 31.3 Å². The Morgan fingerprint density at radius 1 is 1.28 bits per heavy atom. The molecule has 18 heavy (non-hydrogen) atoms. The van der Waals surface area contributed by atoms with E-state index in [2.05, 4.69) is 0 Å². The maximum Gasteiger partial charge on any atom is 0.203 e. The molecule has 1 heterocycles. The Morgan fingerprint density at radius 3 is 2.56 bits per heavy atom. The minimum Gasteiger partial charge on any atom is -0.507 e. The second-order valence-corrected chi connectivity index (χ2v) is 5.20. The molecular weight excluding hydrogens is 232 g/mol. The predicted molar refractivity (Wildman–Crippen MR) is 67.9 cm³/mol. The Kier molecular flexibility index (Phi) is 2.73. The minimum absolute atomic E-state index is 0.0191. The number of phenols is 1. The minimum atomic E-state index is -0.625. The fraction of sp³-hybridized carbons (Fsp3) is 0.286. The van der Waals surface area contributed by atoms with Crippen molar-refractivity contribution in [3.63, 3.8) is 0 Å². The molecular formula is C14H14O4. The van der Waals surface area contributed by atoms with Crippen LogP contribution in [0.4, 0.5) is 0 Å². The normalized spacial score (nSPS) is 11.7. The zero-order valence-electron chi connectivity index (χ0n) is 10.5. The highest BCUT2D eigenvalue weighted by Crippen LogP contribution is 2.25. The number of phenolic OH excluding ortho intramolecular Hbond substituents is 1. The Labute approximate surface area is 104 Å². The number of hydrogen-bond donors (Lipinski definition) is 1. The van der Waals surface area contributed by atoms with E-state index < -0.39 is 10.8 Å². The van der Waals surface area contributed by atoms with Gasteiger partial charge in [-0.05, 0) is 12.1 Å². The van der Waals surface area contributed by atoms with Gasteiger partial charge in [-0.1, -0.05) is 26.8 Å². The van der Waals surface area contributed by atoms with Crippen molar-refractivity contribution < 1.29 is 14.3 Å². The molecule has 0 fully saturated rings. The van der Waals surface area contributed by atoms with Gasteiger partial charge in [-0.25, -0.2) is 0 Å². The van der Waals surface area contributed by atoms with E-state index >= 15 is 0 Å². The highest BCUT2D eigenvalue weighted by Gasteiger charge is 2.26. The molecule has 2 aromatic rings. The molecule has 4 nitrogen and oxygen atoms in total. The summed E-state index contributed by atoms with van der Waals surface area (Å²) in [5.41, 5.74) is -0.822. The molecule has 0 bridgehead atoms. The maximum atomic E-state index is 12.1. The van der Waals surface area contributed by atoms with E-state index in [1.165, 1.54) is 6.07 Å². The Bertz CT molecular complexity index is 674. The molecule has 2 rings (SSSR count). The summed E-state index contributed by atoms with van der Waals surface area (Å²) in [6.45, 7) is 5.26. The van der Waals surface area contributed by atoms with Gasteiger partial charge in [0.15, 0.2) is 11.2 Å². The first-order valence-corrected chi connectivity index (χ1v) is 5.61. The molecule has 0 atom stereocenters. The summed E-state index contributed by atoms with van der Waals surface area (Å²) in [6, 6.07) is 5.65. The van der Waals surface area contributed by atoms with Crippen molar-refractivity contribution in [3.05, 3.63) is 40.2 Å². The van der Waals surface area contributed by atoms with Crippen molar-refractivity contribution in [1.29, 1.82) is 0 Å². The summed E-state index contributed by atoms with van der Waals surface area (Å²) >= 11 is 0. The number of rotatable bonds is 1. The van der Waals surface area contributed by atoms with Gasteiger partial charge in [-0.15, -0.1) is 0 Å². The third-order valence-electron chi connectivity index (χ3n) is 2.64. The summed E-state index contributed by atoms with van der Waals surface area (Å²) in [5.74, 6) is -0.369. The van der Waals surface area contributed by atoms with E-state index in [1.54, 1.807) is 32.9 Å². The zero-order valence-corrected chi connectivity index (χ0v) is 10.5. The van der Waals surface area contributed by atoms with Crippen LogP contribution in [-0.2, 0) is 0 Å². The Hall–Kier alpha value is -2.10. The fourth-order valence-electron chi connectivity index (χ4n) is 1.67. The highest BCUT2D eigenvalue weighted by molar-refractivity contribution is 5.98.